The highest BCUT2D eigenvalue weighted by molar-refractivity contribution is 7.99. The molecule has 0 spiro atoms. The molecule has 1 atom stereocenters. The number of ether oxygens (including phenoxy) is 1. The highest BCUT2D eigenvalue weighted by atomic mass is 32.2. The highest BCUT2D eigenvalue weighted by Gasteiger charge is 2.29. The first-order valence-electron chi connectivity index (χ1n) is 8.08. The Morgan fingerprint density at radius 1 is 1.31 bits per heavy atom. The maximum Gasteiger partial charge on any atom is 0.337 e. The summed E-state index contributed by atoms with van der Waals surface area (Å²) < 4.78 is 10.7. The Kier molecular flexibility index (Phi) is 5.57. The van der Waals surface area contributed by atoms with E-state index < -0.39 is 12.0 Å². The van der Waals surface area contributed by atoms with Gasteiger partial charge in [-0.3, -0.25) is 0 Å². The molecule has 2 heterocycles. The minimum atomic E-state index is -0.460. The second kappa shape index (κ2) is 8.05. The zero-order valence-electron chi connectivity index (χ0n) is 14.3. The van der Waals surface area contributed by atoms with Crippen LogP contribution in [0.4, 0.5) is 4.79 Å². The molecule has 1 aromatic carbocycles. The molecule has 1 aliphatic rings. The Bertz CT molecular complexity index is 834. The van der Waals surface area contributed by atoms with E-state index in [1.165, 1.54) is 11.8 Å². The highest BCUT2D eigenvalue weighted by Crippen LogP contribution is 2.26. The number of hydrogen-bond acceptors (Lipinski definition) is 7. The number of rotatable bonds is 6. The van der Waals surface area contributed by atoms with E-state index in [0.29, 0.717) is 28.1 Å². The molecule has 2 aromatic rings. The van der Waals surface area contributed by atoms with Gasteiger partial charge >= 0.3 is 12.0 Å². The van der Waals surface area contributed by atoms with Crippen molar-refractivity contribution >= 4 is 23.8 Å². The number of amides is 2. The quantitative estimate of drug-likeness (QED) is 0.590. The Labute approximate surface area is 154 Å². The lowest BCUT2D eigenvalue weighted by atomic mass is 10.1. The topological polar surface area (TPSA) is 106 Å². The molecule has 0 aliphatic carbocycles. The number of urea groups is 1. The van der Waals surface area contributed by atoms with Crippen molar-refractivity contribution in [3.05, 3.63) is 41.6 Å². The fraction of sp³-hybridized carbons (Fsp3) is 0.294. The van der Waals surface area contributed by atoms with Gasteiger partial charge in [0.1, 0.15) is 0 Å². The zero-order valence-corrected chi connectivity index (χ0v) is 15.1. The lowest BCUT2D eigenvalue weighted by molar-refractivity contribution is -0.138. The summed E-state index contributed by atoms with van der Waals surface area (Å²) in [4.78, 5) is 23.9. The lowest BCUT2D eigenvalue weighted by Gasteiger charge is -2.26. The molecule has 0 fully saturated rings. The predicted octanol–water partition coefficient (Wildman–Crippen LogP) is 2.35. The smallest absolute Gasteiger partial charge is 0.337 e. The molecule has 1 unspecified atom stereocenters. The van der Waals surface area contributed by atoms with E-state index in [0.717, 1.165) is 5.56 Å². The van der Waals surface area contributed by atoms with E-state index in [2.05, 4.69) is 20.8 Å². The third kappa shape index (κ3) is 4.05. The van der Waals surface area contributed by atoms with Crippen LogP contribution in [0.5, 0.6) is 0 Å². The number of benzene rings is 1. The van der Waals surface area contributed by atoms with Crippen LogP contribution in [0, 0.1) is 0 Å². The van der Waals surface area contributed by atoms with Gasteiger partial charge in [0.25, 0.3) is 5.22 Å². The van der Waals surface area contributed by atoms with Crippen molar-refractivity contribution in [3.63, 3.8) is 0 Å². The van der Waals surface area contributed by atoms with Crippen molar-refractivity contribution in [2.45, 2.75) is 25.1 Å². The van der Waals surface area contributed by atoms with Gasteiger partial charge in [0.05, 0.1) is 18.2 Å². The van der Waals surface area contributed by atoms with E-state index in [-0.39, 0.29) is 12.6 Å². The van der Waals surface area contributed by atoms with Crippen molar-refractivity contribution in [2.75, 3.05) is 12.4 Å². The van der Waals surface area contributed by atoms with Crippen LogP contribution in [0.15, 0.2) is 51.2 Å². The van der Waals surface area contributed by atoms with Crippen LogP contribution in [0.2, 0.25) is 0 Å². The Hall–Kier alpha value is -2.81. The summed E-state index contributed by atoms with van der Waals surface area (Å²) in [6.45, 7) is 3.72. The van der Waals surface area contributed by atoms with Crippen molar-refractivity contribution in [1.82, 2.24) is 20.8 Å². The standard InChI is InChI=1S/C17H18N4O4S/c1-3-24-15(22)13-10(2)18-16(23)19-12(13)9-26-17-21-20-14(25-17)11-7-5-4-6-8-11/h4-8,10H,3,9H2,1-2H3,(H2,18,19,23). The van der Waals surface area contributed by atoms with Crippen LogP contribution in [0.3, 0.4) is 0 Å². The predicted molar refractivity (Wildman–Crippen MR) is 95.2 cm³/mol. The summed E-state index contributed by atoms with van der Waals surface area (Å²) in [5.74, 6) is 0.247. The maximum absolute atomic E-state index is 12.2. The second-order valence-electron chi connectivity index (χ2n) is 5.46. The van der Waals surface area contributed by atoms with Crippen molar-refractivity contribution in [1.29, 1.82) is 0 Å². The summed E-state index contributed by atoms with van der Waals surface area (Å²) in [5, 5.41) is 13.7. The molecule has 1 aromatic heterocycles. The summed E-state index contributed by atoms with van der Waals surface area (Å²) in [6.07, 6.45) is 0. The Morgan fingerprint density at radius 3 is 2.81 bits per heavy atom. The molecule has 2 N–H and O–H groups in total. The Morgan fingerprint density at radius 2 is 2.08 bits per heavy atom. The van der Waals surface area contributed by atoms with E-state index >= 15 is 0 Å². The fourth-order valence-electron chi connectivity index (χ4n) is 2.49. The molecule has 0 saturated carbocycles. The molecule has 8 nitrogen and oxygen atoms in total. The molecular weight excluding hydrogens is 356 g/mol. The van der Waals surface area contributed by atoms with Gasteiger partial charge in [-0.1, -0.05) is 30.0 Å². The number of hydrogen-bond donors (Lipinski definition) is 2. The largest absolute Gasteiger partial charge is 0.463 e. The third-order valence-corrected chi connectivity index (χ3v) is 4.48. The molecule has 2 amide bonds. The monoisotopic (exact) mass is 374 g/mol. The molecule has 0 radical (unpaired) electrons. The first-order valence-corrected chi connectivity index (χ1v) is 9.06. The second-order valence-corrected chi connectivity index (χ2v) is 6.39. The molecular formula is C17H18N4O4S. The summed E-state index contributed by atoms with van der Waals surface area (Å²) in [6, 6.07) is 8.61. The van der Waals surface area contributed by atoms with Crippen LogP contribution in [0.1, 0.15) is 13.8 Å². The van der Waals surface area contributed by atoms with Crippen LogP contribution in [-0.2, 0) is 9.53 Å². The average Bonchev–Trinajstić information content (AvgIpc) is 3.09. The molecule has 3 rings (SSSR count). The van der Waals surface area contributed by atoms with Gasteiger partial charge in [-0.2, -0.15) is 0 Å². The minimum Gasteiger partial charge on any atom is -0.463 e. The number of nitrogens with one attached hydrogen (secondary N) is 2. The fourth-order valence-corrected chi connectivity index (χ4v) is 3.22. The van der Waals surface area contributed by atoms with Gasteiger partial charge in [-0.25, -0.2) is 9.59 Å². The van der Waals surface area contributed by atoms with E-state index in [1.807, 2.05) is 30.3 Å². The van der Waals surface area contributed by atoms with Gasteiger partial charge in [0.15, 0.2) is 0 Å². The Balaban J connectivity index is 1.76. The number of thioether (sulfide) groups is 1. The number of aromatic nitrogens is 2. The van der Waals surface area contributed by atoms with E-state index in [1.54, 1.807) is 13.8 Å². The van der Waals surface area contributed by atoms with Crippen molar-refractivity contribution < 1.29 is 18.7 Å². The van der Waals surface area contributed by atoms with Gasteiger partial charge in [-0.15, -0.1) is 10.2 Å². The molecule has 26 heavy (non-hydrogen) atoms. The molecule has 1 aliphatic heterocycles. The first-order chi connectivity index (χ1) is 12.6. The maximum atomic E-state index is 12.2. The van der Waals surface area contributed by atoms with Gasteiger partial charge in [-0.05, 0) is 26.0 Å². The van der Waals surface area contributed by atoms with Crippen LogP contribution in [0.25, 0.3) is 11.5 Å². The number of carbonyl (C=O) groups excluding carboxylic acids is 2. The molecule has 0 saturated heterocycles. The van der Waals surface area contributed by atoms with Crippen molar-refractivity contribution in [3.8, 4) is 11.5 Å². The number of esters is 1. The normalized spacial score (nSPS) is 16.8. The third-order valence-electron chi connectivity index (χ3n) is 3.63. The van der Waals surface area contributed by atoms with E-state index in [9.17, 15) is 9.59 Å². The summed E-state index contributed by atoms with van der Waals surface area (Å²) >= 11 is 1.24. The van der Waals surface area contributed by atoms with Crippen LogP contribution in [-0.4, -0.2) is 40.6 Å². The number of carbonyl (C=O) groups is 2. The van der Waals surface area contributed by atoms with Gasteiger partial charge in [0, 0.05) is 17.0 Å². The number of nitrogens with zero attached hydrogens (tertiary/aromatic N) is 2. The molecule has 0 bridgehead atoms. The average molecular weight is 374 g/mol. The van der Waals surface area contributed by atoms with Crippen LogP contribution < -0.4 is 10.6 Å². The molecule has 136 valence electrons. The summed E-state index contributed by atoms with van der Waals surface area (Å²) in [5.41, 5.74) is 1.69. The zero-order chi connectivity index (χ0) is 18.5. The molecule has 9 heteroatoms. The summed E-state index contributed by atoms with van der Waals surface area (Å²) in [7, 11) is 0. The van der Waals surface area contributed by atoms with E-state index in [4.69, 9.17) is 9.15 Å². The minimum absolute atomic E-state index is 0.257. The van der Waals surface area contributed by atoms with Crippen LogP contribution >= 0.6 is 11.8 Å². The lowest BCUT2D eigenvalue weighted by Crippen LogP contribution is -2.49. The SMILES string of the molecule is CCOC(=O)C1=C(CSc2nnc(-c3ccccc3)o2)NC(=O)NC1C. The van der Waals surface area contributed by atoms with Gasteiger partial charge < -0.3 is 19.8 Å². The first kappa shape index (κ1) is 18.0. The van der Waals surface area contributed by atoms with Crippen molar-refractivity contribution in [2.24, 2.45) is 0 Å². The van der Waals surface area contributed by atoms with Gasteiger partial charge in [0.2, 0.25) is 5.89 Å².